The summed E-state index contributed by atoms with van der Waals surface area (Å²) >= 11 is 0. The maximum atomic E-state index is 13.5. The van der Waals surface area contributed by atoms with Crippen LogP contribution in [-0.2, 0) is 0 Å². The van der Waals surface area contributed by atoms with E-state index in [1.165, 1.54) is 6.07 Å². The predicted molar refractivity (Wildman–Crippen MR) is 58.0 cm³/mol. The molecule has 1 aliphatic rings. The Morgan fingerprint density at radius 3 is 2.73 bits per heavy atom. The molecular weight excluding hydrogens is 196 g/mol. The molecule has 1 N–H and O–H groups in total. The highest BCUT2D eigenvalue weighted by Gasteiger charge is 2.19. The van der Waals surface area contributed by atoms with Crippen LogP contribution in [0.1, 0.15) is 30.9 Å². The third kappa shape index (κ3) is 1.62. The Kier molecular flexibility index (Phi) is 2.47. The van der Waals surface area contributed by atoms with Gasteiger partial charge in [0.2, 0.25) is 0 Å². The molecule has 0 radical (unpaired) electrons. The highest BCUT2D eigenvalue weighted by Crippen LogP contribution is 2.33. The number of rotatable bonds is 1. The third-order valence-corrected chi connectivity index (χ3v) is 2.59. The molecular formula is C12H13F2N. The molecule has 0 saturated carbocycles. The third-order valence-electron chi connectivity index (χ3n) is 2.59. The van der Waals surface area contributed by atoms with Gasteiger partial charge in [-0.05, 0) is 17.5 Å². The van der Waals surface area contributed by atoms with E-state index in [9.17, 15) is 8.78 Å². The van der Waals surface area contributed by atoms with E-state index in [0.29, 0.717) is 12.2 Å². The molecule has 1 aromatic rings. The molecule has 0 spiro atoms. The molecule has 0 saturated heterocycles. The first-order chi connectivity index (χ1) is 7.11. The van der Waals surface area contributed by atoms with Crippen LogP contribution in [0.2, 0.25) is 0 Å². The van der Waals surface area contributed by atoms with Gasteiger partial charge in [-0.3, -0.25) is 0 Å². The number of hydrogen-bond acceptors (Lipinski definition) is 1. The van der Waals surface area contributed by atoms with Crippen molar-refractivity contribution in [3.63, 3.8) is 0 Å². The van der Waals surface area contributed by atoms with E-state index in [-0.39, 0.29) is 5.92 Å². The Balaban J connectivity index is 2.69. The van der Waals surface area contributed by atoms with Crippen LogP contribution in [0.15, 0.2) is 12.1 Å². The van der Waals surface area contributed by atoms with Gasteiger partial charge in [-0.1, -0.05) is 26.0 Å². The molecule has 0 unspecified atom stereocenters. The number of benzene rings is 1. The van der Waals surface area contributed by atoms with Gasteiger partial charge in [0, 0.05) is 12.1 Å². The summed E-state index contributed by atoms with van der Waals surface area (Å²) in [4.78, 5) is 0. The second-order valence-electron chi connectivity index (χ2n) is 3.99. The van der Waals surface area contributed by atoms with Crippen molar-refractivity contribution >= 4 is 11.8 Å². The van der Waals surface area contributed by atoms with Crippen LogP contribution < -0.4 is 5.32 Å². The molecule has 0 bridgehead atoms. The normalized spacial score (nSPS) is 13.9. The quantitative estimate of drug-likeness (QED) is 0.746. The van der Waals surface area contributed by atoms with Crippen LogP contribution in [0.25, 0.3) is 6.08 Å². The predicted octanol–water partition coefficient (Wildman–Crippen LogP) is 3.53. The van der Waals surface area contributed by atoms with Crippen molar-refractivity contribution in [3.05, 3.63) is 34.9 Å². The SMILES string of the molecule is CC(C)c1cc(F)c(F)c2c1C=CCN2. The summed E-state index contributed by atoms with van der Waals surface area (Å²) in [5.41, 5.74) is 1.91. The van der Waals surface area contributed by atoms with Gasteiger partial charge >= 0.3 is 0 Å². The Morgan fingerprint density at radius 1 is 1.33 bits per heavy atom. The number of anilines is 1. The largest absolute Gasteiger partial charge is 0.379 e. The van der Waals surface area contributed by atoms with Gasteiger partial charge in [-0.15, -0.1) is 0 Å². The molecule has 1 aliphatic heterocycles. The van der Waals surface area contributed by atoms with Crippen molar-refractivity contribution in [3.8, 4) is 0 Å². The Hall–Kier alpha value is -1.38. The lowest BCUT2D eigenvalue weighted by atomic mass is 9.93. The van der Waals surface area contributed by atoms with E-state index in [4.69, 9.17) is 0 Å². The van der Waals surface area contributed by atoms with Gasteiger partial charge < -0.3 is 5.32 Å². The first-order valence-electron chi connectivity index (χ1n) is 5.03. The summed E-state index contributed by atoms with van der Waals surface area (Å²) in [6.45, 7) is 4.48. The van der Waals surface area contributed by atoms with E-state index in [2.05, 4.69) is 5.32 Å². The molecule has 1 aromatic carbocycles. The van der Waals surface area contributed by atoms with Crippen molar-refractivity contribution in [1.29, 1.82) is 0 Å². The Bertz CT molecular complexity index is 422. The lowest BCUT2D eigenvalue weighted by Gasteiger charge is -2.19. The second kappa shape index (κ2) is 3.65. The number of fused-ring (bicyclic) bond motifs is 1. The lowest BCUT2D eigenvalue weighted by Crippen LogP contribution is -2.11. The van der Waals surface area contributed by atoms with Crippen molar-refractivity contribution in [2.75, 3.05) is 11.9 Å². The highest BCUT2D eigenvalue weighted by molar-refractivity contribution is 5.73. The molecule has 0 aliphatic carbocycles. The molecule has 15 heavy (non-hydrogen) atoms. The van der Waals surface area contributed by atoms with Crippen LogP contribution >= 0.6 is 0 Å². The summed E-state index contributed by atoms with van der Waals surface area (Å²) in [6, 6.07) is 1.29. The first kappa shape index (κ1) is 10.1. The van der Waals surface area contributed by atoms with Gasteiger partial charge in [-0.25, -0.2) is 8.78 Å². The van der Waals surface area contributed by atoms with Crippen LogP contribution in [0.4, 0.5) is 14.5 Å². The zero-order chi connectivity index (χ0) is 11.0. The second-order valence-corrected chi connectivity index (χ2v) is 3.99. The van der Waals surface area contributed by atoms with Gasteiger partial charge in [0.05, 0.1) is 5.69 Å². The van der Waals surface area contributed by atoms with Gasteiger partial charge in [-0.2, -0.15) is 0 Å². The molecule has 1 heterocycles. The minimum absolute atomic E-state index is 0.179. The minimum atomic E-state index is -0.779. The average Bonchev–Trinajstić information content (AvgIpc) is 2.23. The highest BCUT2D eigenvalue weighted by atomic mass is 19.2. The van der Waals surface area contributed by atoms with Gasteiger partial charge in [0.1, 0.15) is 0 Å². The van der Waals surface area contributed by atoms with Crippen molar-refractivity contribution in [2.24, 2.45) is 0 Å². The summed E-state index contributed by atoms with van der Waals surface area (Å²) in [6.07, 6.45) is 3.76. The standard InChI is InChI=1S/C12H13F2N/c1-7(2)9-6-10(13)11(14)12-8(9)4-3-5-15-12/h3-4,6-7,15H,5H2,1-2H3. The minimum Gasteiger partial charge on any atom is -0.379 e. The zero-order valence-electron chi connectivity index (χ0n) is 8.77. The topological polar surface area (TPSA) is 12.0 Å². The number of hydrogen-bond donors (Lipinski definition) is 1. The smallest absolute Gasteiger partial charge is 0.182 e. The molecule has 2 rings (SSSR count). The van der Waals surface area contributed by atoms with Crippen LogP contribution in [0, 0.1) is 11.6 Å². The van der Waals surface area contributed by atoms with E-state index < -0.39 is 11.6 Å². The number of halogens is 2. The van der Waals surface area contributed by atoms with Crippen molar-refractivity contribution in [2.45, 2.75) is 19.8 Å². The number of nitrogens with one attached hydrogen (secondary N) is 1. The fourth-order valence-electron chi connectivity index (χ4n) is 1.83. The summed E-state index contributed by atoms with van der Waals surface area (Å²) < 4.78 is 26.7. The van der Waals surface area contributed by atoms with E-state index in [1.54, 1.807) is 0 Å². The van der Waals surface area contributed by atoms with E-state index in [0.717, 1.165) is 11.1 Å². The van der Waals surface area contributed by atoms with Crippen LogP contribution in [0.3, 0.4) is 0 Å². The van der Waals surface area contributed by atoms with Crippen LogP contribution in [-0.4, -0.2) is 6.54 Å². The molecule has 0 aromatic heterocycles. The maximum absolute atomic E-state index is 13.5. The van der Waals surface area contributed by atoms with Crippen molar-refractivity contribution in [1.82, 2.24) is 0 Å². The molecule has 0 fully saturated rings. The van der Waals surface area contributed by atoms with Crippen LogP contribution in [0.5, 0.6) is 0 Å². The maximum Gasteiger partial charge on any atom is 0.182 e. The molecule has 0 atom stereocenters. The Morgan fingerprint density at radius 2 is 2.07 bits per heavy atom. The van der Waals surface area contributed by atoms with E-state index >= 15 is 0 Å². The summed E-state index contributed by atoms with van der Waals surface area (Å²) in [7, 11) is 0. The molecule has 3 heteroatoms. The van der Waals surface area contributed by atoms with E-state index in [1.807, 2.05) is 26.0 Å². The molecule has 80 valence electrons. The molecule has 1 nitrogen and oxygen atoms in total. The fourth-order valence-corrected chi connectivity index (χ4v) is 1.83. The Labute approximate surface area is 87.8 Å². The lowest BCUT2D eigenvalue weighted by molar-refractivity contribution is 0.508. The average molecular weight is 209 g/mol. The summed E-state index contributed by atoms with van der Waals surface area (Å²) in [5.74, 6) is -1.38. The monoisotopic (exact) mass is 209 g/mol. The first-order valence-corrected chi connectivity index (χ1v) is 5.03. The van der Waals surface area contributed by atoms with Crippen molar-refractivity contribution < 1.29 is 8.78 Å². The fraction of sp³-hybridized carbons (Fsp3) is 0.333. The zero-order valence-corrected chi connectivity index (χ0v) is 8.77. The van der Waals surface area contributed by atoms with Gasteiger partial charge in [0.25, 0.3) is 0 Å². The summed E-state index contributed by atoms with van der Waals surface area (Å²) in [5, 5.41) is 2.87. The van der Waals surface area contributed by atoms with Gasteiger partial charge in [0.15, 0.2) is 11.6 Å². The molecule has 0 amide bonds.